The van der Waals surface area contributed by atoms with Gasteiger partial charge < -0.3 is 4.90 Å². The highest BCUT2D eigenvalue weighted by molar-refractivity contribution is 6.01. The fourth-order valence-corrected chi connectivity index (χ4v) is 2.76. The molecule has 1 aliphatic rings. The van der Waals surface area contributed by atoms with Gasteiger partial charge in [0.25, 0.3) is 5.91 Å². The molecule has 1 unspecified atom stereocenters. The van der Waals surface area contributed by atoms with Gasteiger partial charge in [0.05, 0.1) is 11.5 Å². The van der Waals surface area contributed by atoms with Crippen molar-refractivity contribution in [3.8, 4) is 0 Å². The second-order valence-electron chi connectivity index (χ2n) is 6.11. The van der Waals surface area contributed by atoms with E-state index in [1.165, 1.54) is 24.4 Å². The summed E-state index contributed by atoms with van der Waals surface area (Å²) in [5.41, 5.74) is 3.68. The Morgan fingerprint density at radius 1 is 1.11 bits per heavy atom. The SMILES string of the molecule is O=C(NNC(=O)C1CC(=O)N(c2cccc(C(F)(F)F)c2)C1)c1ccccn1. The van der Waals surface area contributed by atoms with Gasteiger partial charge in [-0.3, -0.25) is 30.2 Å². The molecule has 146 valence electrons. The molecule has 0 aliphatic carbocycles. The lowest BCUT2D eigenvalue weighted by Crippen LogP contribution is -2.45. The van der Waals surface area contributed by atoms with E-state index >= 15 is 0 Å². The Morgan fingerprint density at radius 2 is 1.89 bits per heavy atom. The fraction of sp³-hybridized carbons (Fsp3) is 0.222. The number of hydrazine groups is 1. The number of amides is 3. The minimum absolute atomic E-state index is 0.0626. The molecule has 7 nitrogen and oxygen atoms in total. The van der Waals surface area contributed by atoms with Gasteiger partial charge in [0.2, 0.25) is 11.8 Å². The predicted molar refractivity (Wildman–Crippen MR) is 91.7 cm³/mol. The van der Waals surface area contributed by atoms with Gasteiger partial charge in [-0.05, 0) is 30.3 Å². The molecule has 1 aromatic carbocycles. The van der Waals surface area contributed by atoms with Crippen LogP contribution in [0.25, 0.3) is 0 Å². The van der Waals surface area contributed by atoms with E-state index in [-0.39, 0.29) is 24.3 Å². The average Bonchev–Trinajstić information content (AvgIpc) is 3.08. The maximum absolute atomic E-state index is 12.9. The Kier molecular flexibility index (Phi) is 5.30. The first-order valence-electron chi connectivity index (χ1n) is 8.24. The highest BCUT2D eigenvalue weighted by atomic mass is 19.4. The van der Waals surface area contributed by atoms with Crippen LogP contribution < -0.4 is 15.8 Å². The van der Waals surface area contributed by atoms with Gasteiger partial charge in [-0.2, -0.15) is 13.2 Å². The molecule has 0 saturated carbocycles. The number of nitrogens with one attached hydrogen (secondary N) is 2. The van der Waals surface area contributed by atoms with Crippen molar-refractivity contribution in [1.29, 1.82) is 0 Å². The van der Waals surface area contributed by atoms with Gasteiger partial charge in [-0.15, -0.1) is 0 Å². The molecule has 3 amide bonds. The number of nitrogens with zero attached hydrogens (tertiary/aromatic N) is 2. The topological polar surface area (TPSA) is 91.4 Å². The van der Waals surface area contributed by atoms with Crippen LogP contribution in [-0.2, 0) is 15.8 Å². The Morgan fingerprint density at radius 3 is 2.57 bits per heavy atom. The Hall–Kier alpha value is -3.43. The van der Waals surface area contributed by atoms with Crippen LogP contribution in [0.15, 0.2) is 48.7 Å². The minimum atomic E-state index is -4.54. The van der Waals surface area contributed by atoms with Crippen molar-refractivity contribution in [3.05, 3.63) is 59.9 Å². The molecule has 0 bridgehead atoms. The van der Waals surface area contributed by atoms with Crippen LogP contribution >= 0.6 is 0 Å². The van der Waals surface area contributed by atoms with Crippen LogP contribution in [0.5, 0.6) is 0 Å². The molecular weight excluding hydrogens is 377 g/mol. The van der Waals surface area contributed by atoms with E-state index in [1.54, 1.807) is 12.1 Å². The molecule has 1 aromatic heterocycles. The first-order chi connectivity index (χ1) is 13.3. The molecule has 0 radical (unpaired) electrons. The molecule has 28 heavy (non-hydrogen) atoms. The number of hydrogen-bond acceptors (Lipinski definition) is 4. The summed E-state index contributed by atoms with van der Waals surface area (Å²) < 4.78 is 38.6. The van der Waals surface area contributed by atoms with Crippen LogP contribution in [0.4, 0.5) is 18.9 Å². The van der Waals surface area contributed by atoms with E-state index < -0.39 is 35.4 Å². The number of rotatable bonds is 3. The van der Waals surface area contributed by atoms with E-state index in [4.69, 9.17) is 0 Å². The number of carbonyl (C=O) groups excluding carboxylic acids is 3. The summed E-state index contributed by atoms with van der Waals surface area (Å²) in [5.74, 6) is -2.54. The molecule has 0 spiro atoms. The van der Waals surface area contributed by atoms with Crippen LogP contribution in [-0.4, -0.2) is 29.3 Å². The quantitative estimate of drug-likeness (QED) is 0.781. The van der Waals surface area contributed by atoms with Gasteiger partial charge in [0, 0.05) is 24.8 Å². The van der Waals surface area contributed by atoms with E-state index in [2.05, 4.69) is 15.8 Å². The van der Waals surface area contributed by atoms with Crippen molar-refractivity contribution in [2.45, 2.75) is 12.6 Å². The summed E-state index contributed by atoms with van der Waals surface area (Å²) in [7, 11) is 0. The van der Waals surface area contributed by atoms with Crippen molar-refractivity contribution < 1.29 is 27.6 Å². The molecule has 1 atom stereocenters. The normalized spacial score (nSPS) is 16.8. The summed E-state index contributed by atoms with van der Waals surface area (Å²) in [6.07, 6.45) is -3.30. The van der Waals surface area contributed by atoms with Crippen molar-refractivity contribution in [3.63, 3.8) is 0 Å². The zero-order valence-corrected chi connectivity index (χ0v) is 14.4. The van der Waals surface area contributed by atoms with Crippen LogP contribution in [0.3, 0.4) is 0 Å². The lowest BCUT2D eigenvalue weighted by Gasteiger charge is -2.18. The molecular formula is C18H15F3N4O3. The summed E-state index contributed by atoms with van der Waals surface area (Å²) >= 11 is 0. The lowest BCUT2D eigenvalue weighted by molar-refractivity contribution is -0.137. The number of anilines is 1. The molecule has 1 saturated heterocycles. The third kappa shape index (κ3) is 4.27. The summed E-state index contributed by atoms with van der Waals surface area (Å²) in [5, 5.41) is 0. The molecule has 3 rings (SSSR count). The van der Waals surface area contributed by atoms with Crippen molar-refractivity contribution >= 4 is 23.4 Å². The Balaban J connectivity index is 1.63. The number of halogens is 3. The van der Waals surface area contributed by atoms with Crippen LogP contribution in [0.2, 0.25) is 0 Å². The molecule has 2 N–H and O–H groups in total. The van der Waals surface area contributed by atoms with Crippen LogP contribution in [0, 0.1) is 5.92 Å². The number of aromatic nitrogens is 1. The third-order valence-electron chi connectivity index (χ3n) is 4.18. The Bertz CT molecular complexity index is 902. The van der Waals surface area contributed by atoms with Crippen LogP contribution in [0.1, 0.15) is 22.5 Å². The summed E-state index contributed by atoms with van der Waals surface area (Å²) in [4.78, 5) is 41.2. The fourth-order valence-electron chi connectivity index (χ4n) is 2.76. The van der Waals surface area contributed by atoms with Gasteiger partial charge in [-0.25, -0.2) is 0 Å². The van der Waals surface area contributed by atoms with E-state index in [9.17, 15) is 27.6 Å². The highest BCUT2D eigenvalue weighted by Crippen LogP contribution is 2.33. The number of carbonyl (C=O) groups is 3. The lowest BCUT2D eigenvalue weighted by atomic mass is 10.1. The number of hydrogen-bond donors (Lipinski definition) is 2. The first-order valence-corrected chi connectivity index (χ1v) is 8.24. The van der Waals surface area contributed by atoms with Crippen molar-refractivity contribution in [1.82, 2.24) is 15.8 Å². The van der Waals surface area contributed by atoms with E-state index in [0.717, 1.165) is 17.0 Å². The van der Waals surface area contributed by atoms with E-state index in [0.29, 0.717) is 0 Å². The number of pyridine rings is 1. The average molecular weight is 392 g/mol. The smallest absolute Gasteiger partial charge is 0.312 e. The molecule has 2 heterocycles. The summed E-state index contributed by atoms with van der Waals surface area (Å²) in [6.45, 7) is -0.0918. The van der Waals surface area contributed by atoms with Gasteiger partial charge >= 0.3 is 6.18 Å². The maximum atomic E-state index is 12.9. The minimum Gasteiger partial charge on any atom is -0.312 e. The van der Waals surface area contributed by atoms with Gasteiger partial charge in [0.15, 0.2) is 0 Å². The number of benzene rings is 1. The zero-order valence-electron chi connectivity index (χ0n) is 14.4. The monoisotopic (exact) mass is 392 g/mol. The zero-order chi connectivity index (χ0) is 20.3. The molecule has 10 heteroatoms. The maximum Gasteiger partial charge on any atom is 0.416 e. The Labute approximate surface area is 157 Å². The molecule has 1 fully saturated rings. The van der Waals surface area contributed by atoms with Crippen molar-refractivity contribution in [2.24, 2.45) is 5.92 Å². The largest absolute Gasteiger partial charge is 0.416 e. The first kappa shape index (κ1) is 19.3. The standard InChI is InChI=1S/C18H15F3N4O3/c19-18(20,21)12-4-3-5-13(9-12)25-10-11(8-15(25)26)16(27)23-24-17(28)14-6-1-2-7-22-14/h1-7,9,11H,8,10H2,(H,23,27)(H,24,28). The highest BCUT2D eigenvalue weighted by Gasteiger charge is 2.37. The van der Waals surface area contributed by atoms with Gasteiger partial charge in [-0.1, -0.05) is 12.1 Å². The second-order valence-corrected chi connectivity index (χ2v) is 6.11. The number of alkyl halides is 3. The van der Waals surface area contributed by atoms with Gasteiger partial charge in [0.1, 0.15) is 5.69 Å². The molecule has 2 aromatic rings. The second kappa shape index (κ2) is 7.67. The summed E-state index contributed by atoms with van der Waals surface area (Å²) in [6, 6.07) is 9.02. The van der Waals surface area contributed by atoms with E-state index in [1.807, 2.05) is 0 Å². The third-order valence-corrected chi connectivity index (χ3v) is 4.18. The molecule has 1 aliphatic heterocycles. The predicted octanol–water partition coefficient (Wildman–Crippen LogP) is 1.91. The van der Waals surface area contributed by atoms with Crippen molar-refractivity contribution in [2.75, 3.05) is 11.4 Å².